The van der Waals surface area contributed by atoms with E-state index in [4.69, 9.17) is 10.8 Å². The maximum absolute atomic E-state index is 11.1. The first-order valence-electron chi connectivity index (χ1n) is 6.49. The van der Waals surface area contributed by atoms with Gasteiger partial charge in [0, 0.05) is 24.3 Å². The van der Waals surface area contributed by atoms with Crippen molar-refractivity contribution >= 4 is 17.3 Å². The number of rotatable bonds is 2. The summed E-state index contributed by atoms with van der Waals surface area (Å²) in [4.78, 5) is 15.0. The van der Waals surface area contributed by atoms with Crippen molar-refractivity contribution in [3.05, 3.63) is 53.3 Å². The number of anilines is 2. The number of carboxylic acid groups (broad SMARTS) is 1. The van der Waals surface area contributed by atoms with Crippen LogP contribution in [0.25, 0.3) is 0 Å². The summed E-state index contributed by atoms with van der Waals surface area (Å²) in [5, 5.41) is 12.5. The zero-order chi connectivity index (χ0) is 14.1. The summed E-state index contributed by atoms with van der Waals surface area (Å²) >= 11 is 0. The van der Waals surface area contributed by atoms with E-state index >= 15 is 0 Å². The van der Waals surface area contributed by atoms with Crippen LogP contribution in [0.15, 0.2) is 36.5 Å². The standard InChI is InChI=1S/C15H15N3O2/c16-13-11(6-8-18-14(13)15(19)20)9-5-7-17-12-4-2-1-3-10(9)12/h1-4,6,8-9,17H,5,7,16H2,(H,19,20). The second kappa shape index (κ2) is 4.85. The van der Waals surface area contributed by atoms with Crippen LogP contribution in [0.4, 0.5) is 11.4 Å². The number of nitrogens with zero attached hydrogens (tertiary/aromatic N) is 1. The molecule has 102 valence electrons. The van der Waals surface area contributed by atoms with Gasteiger partial charge in [-0.25, -0.2) is 9.78 Å². The minimum absolute atomic E-state index is 0.0708. The third kappa shape index (κ3) is 1.97. The summed E-state index contributed by atoms with van der Waals surface area (Å²) in [5.41, 5.74) is 9.27. The number of hydrogen-bond donors (Lipinski definition) is 3. The van der Waals surface area contributed by atoms with Crippen molar-refractivity contribution in [3.8, 4) is 0 Å². The zero-order valence-electron chi connectivity index (χ0n) is 10.8. The van der Waals surface area contributed by atoms with Gasteiger partial charge in [0.25, 0.3) is 0 Å². The van der Waals surface area contributed by atoms with Crippen LogP contribution < -0.4 is 11.1 Å². The van der Waals surface area contributed by atoms with E-state index in [0.29, 0.717) is 0 Å². The Labute approximate surface area is 116 Å². The molecule has 0 radical (unpaired) electrons. The summed E-state index contributed by atoms with van der Waals surface area (Å²) < 4.78 is 0. The first-order valence-corrected chi connectivity index (χ1v) is 6.49. The Hall–Kier alpha value is -2.56. The molecule has 0 amide bonds. The molecule has 2 heterocycles. The van der Waals surface area contributed by atoms with Gasteiger partial charge in [-0.1, -0.05) is 18.2 Å². The van der Waals surface area contributed by atoms with Gasteiger partial charge in [0.05, 0.1) is 5.69 Å². The second-order valence-corrected chi connectivity index (χ2v) is 4.82. The molecule has 0 bridgehead atoms. The molecule has 0 fully saturated rings. The Kier molecular flexibility index (Phi) is 3.02. The van der Waals surface area contributed by atoms with Crippen molar-refractivity contribution < 1.29 is 9.90 Å². The molecule has 0 saturated heterocycles. The molecule has 1 aliphatic heterocycles. The largest absolute Gasteiger partial charge is 0.476 e. The first kappa shape index (κ1) is 12.5. The molecule has 0 aliphatic carbocycles. The van der Waals surface area contributed by atoms with Crippen molar-refractivity contribution in [3.63, 3.8) is 0 Å². The Bertz CT molecular complexity index is 670. The van der Waals surface area contributed by atoms with Crippen molar-refractivity contribution in [1.82, 2.24) is 4.98 Å². The fourth-order valence-electron chi connectivity index (χ4n) is 2.75. The highest BCUT2D eigenvalue weighted by Gasteiger charge is 2.25. The van der Waals surface area contributed by atoms with Crippen molar-refractivity contribution in [2.24, 2.45) is 0 Å². The molecule has 20 heavy (non-hydrogen) atoms. The number of nitrogens with one attached hydrogen (secondary N) is 1. The molecule has 2 aromatic rings. The van der Waals surface area contributed by atoms with Crippen LogP contribution in [0, 0.1) is 0 Å². The smallest absolute Gasteiger partial charge is 0.356 e. The summed E-state index contributed by atoms with van der Waals surface area (Å²) in [6, 6.07) is 9.85. The first-order chi connectivity index (χ1) is 9.68. The normalized spacial score (nSPS) is 17.1. The number of hydrogen-bond acceptors (Lipinski definition) is 4. The Morgan fingerprint density at radius 3 is 2.90 bits per heavy atom. The average molecular weight is 269 g/mol. The third-order valence-corrected chi connectivity index (χ3v) is 3.69. The number of fused-ring (bicyclic) bond motifs is 1. The highest BCUT2D eigenvalue weighted by molar-refractivity contribution is 5.92. The molecule has 5 nitrogen and oxygen atoms in total. The van der Waals surface area contributed by atoms with E-state index < -0.39 is 5.97 Å². The molecule has 1 aliphatic rings. The van der Waals surface area contributed by atoms with Crippen LogP contribution in [-0.2, 0) is 0 Å². The minimum Gasteiger partial charge on any atom is -0.476 e. The van der Waals surface area contributed by atoms with Crippen molar-refractivity contribution in [2.75, 3.05) is 17.6 Å². The number of benzene rings is 1. The minimum atomic E-state index is -1.09. The number of nitrogen functional groups attached to an aromatic ring is 1. The van der Waals surface area contributed by atoms with E-state index in [1.54, 1.807) is 0 Å². The van der Waals surface area contributed by atoms with Crippen molar-refractivity contribution in [2.45, 2.75) is 12.3 Å². The van der Waals surface area contributed by atoms with E-state index in [0.717, 1.165) is 29.8 Å². The Morgan fingerprint density at radius 2 is 2.10 bits per heavy atom. The van der Waals surface area contributed by atoms with E-state index in [9.17, 15) is 4.79 Å². The maximum Gasteiger partial charge on any atom is 0.356 e. The fourth-order valence-corrected chi connectivity index (χ4v) is 2.75. The lowest BCUT2D eigenvalue weighted by Gasteiger charge is -2.28. The van der Waals surface area contributed by atoms with Crippen LogP contribution in [0.3, 0.4) is 0 Å². The summed E-state index contributed by atoms with van der Waals surface area (Å²) in [6.45, 7) is 0.839. The summed E-state index contributed by atoms with van der Waals surface area (Å²) in [7, 11) is 0. The van der Waals surface area contributed by atoms with E-state index in [2.05, 4.69) is 10.3 Å². The number of carboxylic acids is 1. The molecule has 1 aromatic carbocycles. The second-order valence-electron chi connectivity index (χ2n) is 4.82. The van der Waals surface area contributed by atoms with Gasteiger partial charge >= 0.3 is 5.97 Å². The maximum atomic E-state index is 11.1. The Balaban J connectivity index is 2.11. The number of nitrogens with two attached hydrogens (primary N) is 1. The quantitative estimate of drug-likeness (QED) is 0.778. The van der Waals surface area contributed by atoms with Gasteiger partial charge in [-0.2, -0.15) is 0 Å². The van der Waals surface area contributed by atoms with Gasteiger partial charge < -0.3 is 16.2 Å². The van der Waals surface area contributed by atoms with E-state index in [1.807, 2.05) is 30.3 Å². The van der Waals surface area contributed by atoms with E-state index in [1.165, 1.54) is 6.20 Å². The predicted octanol–water partition coefficient (Wildman–Crippen LogP) is 2.31. The van der Waals surface area contributed by atoms with Crippen LogP contribution in [-0.4, -0.2) is 22.6 Å². The highest BCUT2D eigenvalue weighted by Crippen LogP contribution is 2.38. The van der Waals surface area contributed by atoms with Gasteiger partial charge in [-0.15, -0.1) is 0 Å². The number of pyridine rings is 1. The number of aromatic nitrogens is 1. The average Bonchev–Trinajstić information content (AvgIpc) is 2.47. The lowest BCUT2D eigenvalue weighted by atomic mass is 9.84. The summed E-state index contributed by atoms with van der Waals surface area (Å²) in [6.07, 6.45) is 2.39. The summed E-state index contributed by atoms with van der Waals surface area (Å²) in [5.74, 6) is -0.986. The van der Waals surface area contributed by atoms with Gasteiger partial charge in [0.15, 0.2) is 5.69 Å². The topological polar surface area (TPSA) is 88.2 Å². The molecule has 4 N–H and O–H groups in total. The molecule has 1 aromatic heterocycles. The van der Waals surface area contributed by atoms with E-state index in [-0.39, 0.29) is 17.3 Å². The molecule has 0 spiro atoms. The molecule has 0 saturated carbocycles. The van der Waals surface area contributed by atoms with Crippen molar-refractivity contribution in [1.29, 1.82) is 0 Å². The number of aromatic carboxylic acids is 1. The van der Waals surface area contributed by atoms with Crippen LogP contribution in [0.5, 0.6) is 0 Å². The zero-order valence-corrected chi connectivity index (χ0v) is 10.8. The van der Waals surface area contributed by atoms with Gasteiger partial charge in [-0.05, 0) is 29.7 Å². The fraction of sp³-hybridized carbons (Fsp3) is 0.200. The molecule has 1 unspecified atom stereocenters. The van der Waals surface area contributed by atoms with Crippen LogP contribution >= 0.6 is 0 Å². The molecule has 3 rings (SSSR count). The van der Waals surface area contributed by atoms with Gasteiger partial charge in [0.1, 0.15) is 0 Å². The molecular formula is C15H15N3O2. The highest BCUT2D eigenvalue weighted by atomic mass is 16.4. The SMILES string of the molecule is Nc1c(C2CCNc3ccccc32)ccnc1C(=O)O. The molecule has 5 heteroatoms. The van der Waals surface area contributed by atoms with Gasteiger partial charge in [-0.3, -0.25) is 0 Å². The number of carbonyl (C=O) groups is 1. The van der Waals surface area contributed by atoms with Crippen LogP contribution in [0.2, 0.25) is 0 Å². The molecular weight excluding hydrogens is 254 g/mol. The monoisotopic (exact) mass is 269 g/mol. The number of para-hydroxylation sites is 1. The lowest BCUT2D eigenvalue weighted by molar-refractivity contribution is 0.0691. The Morgan fingerprint density at radius 1 is 1.30 bits per heavy atom. The van der Waals surface area contributed by atoms with Gasteiger partial charge in [0.2, 0.25) is 0 Å². The third-order valence-electron chi connectivity index (χ3n) is 3.69. The predicted molar refractivity (Wildman–Crippen MR) is 77.0 cm³/mol. The molecule has 1 atom stereocenters. The lowest BCUT2D eigenvalue weighted by Crippen LogP contribution is -2.19. The van der Waals surface area contributed by atoms with Crippen LogP contribution in [0.1, 0.15) is 34.0 Å².